The maximum absolute atomic E-state index is 13.9. The van der Waals surface area contributed by atoms with Crippen LogP contribution in [0.3, 0.4) is 0 Å². The van der Waals surface area contributed by atoms with Crippen LogP contribution in [0.2, 0.25) is 18.1 Å². The van der Waals surface area contributed by atoms with E-state index < -0.39 is 43.2 Å². The number of alkyl halides is 3. The molecule has 0 unspecified atom stereocenters. The molecule has 0 aliphatic heterocycles. The fourth-order valence-electron chi connectivity index (χ4n) is 3.77. The SMILES string of the molecule is CC1(O[Si](C)(C)C(C)(C)C)CC(n2ncc(C(=O)Cc3ccncn3)c2C(F)(F)F)C1. The molecular formula is C21H29F3N4O2Si. The Morgan fingerprint density at radius 3 is 2.45 bits per heavy atom. The number of ketones is 1. The molecule has 170 valence electrons. The first-order valence-corrected chi connectivity index (χ1v) is 13.2. The van der Waals surface area contributed by atoms with Gasteiger partial charge in [0.2, 0.25) is 0 Å². The Kier molecular flexibility index (Phi) is 5.94. The first-order chi connectivity index (χ1) is 14.1. The van der Waals surface area contributed by atoms with Gasteiger partial charge in [0.25, 0.3) is 0 Å². The van der Waals surface area contributed by atoms with E-state index in [4.69, 9.17) is 4.43 Å². The van der Waals surface area contributed by atoms with Crippen LogP contribution in [-0.2, 0) is 17.0 Å². The number of halogens is 3. The van der Waals surface area contributed by atoms with E-state index >= 15 is 0 Å². The van der Waals surface area contributed by atoms with Gasteiger partial charge in [0.05, 0.1) is 35.5 Å². The molecule has 0 aromatic carbocycles. The predicted octanol–water partition coefficient (Wildman–Crippen LogP) is 5.23. The Labute approximate surface area is 181 Å². The summed E-state index contributed by atoms with van der Waals surface area (Å²) in [5.74, 6) is -0.670. The zero-order chi connectivity index (χ0) is 23.2. The molecule has 2 heterocycles. The van der Waals surface area contributed by atoms with E-state index in [9.17, 15) is 18.0 Å². The molecule has 31 heavy (non-hydrogen) atoms. The largest absolute Gasteiger partial charge is 0.433 e. The molecule has 1 saturated carbocycles. The number of aromatic nitrogens is 4. The number of rotatable bonds is 6. The van der Waals surface area contributed by atoms with Crippen molar-refractivity contribution in [3.63, 3.8) is 0 Å². The first-order valence-electron chi connectivity index (χ1n) is 10.3. The second-order valence-corrected chi connectivity index (χ2v) is 14.7. The molecule has 1 fully saturated rings. The average Bonchev–Trinajstić information content (AvgIpc) is 3.04. The molecule has 2 aromatic heterocycles. The van der Waals surface area contributed by atoms with Crippen molar-refractivity contribution in [1.29, 1.82) is 0 Å². The smallest absolute Gasteiger partial charge is 0.411 e. The zero-order valence-corrected chi connectivity index (χ0v) is 19.7. The van der Waals surface area contributed by atoms with Crippen LogP contribution in [-0.4, -0.2) is 39.5 Å². The third-order valence-electron chi connectivity index (χ3n) is 6.34. The van der Waals surface area contributed by atoms with Gasteiger partial charge in [-0.3, -0.25) is 9.48 Å². The minimum atomic E-state index is -4.69. The highest BCUT2D eigenvalue weighted by atomic mass is 28.4. The van der Waals surface area contributed by atoms with Gasteiger partial charge in [0.1, 0.15) is 6.33 Å². The molecule has 1 aliphatic rings. The van der Waals surface area contributed by atoms with Gasteiger partial charge in [-0.2, -0.15) is 18.3 Å². The Morgan fingerprint density at radius 2 is 1.94 bits per heavy atom. The minimum absolute atomic E-state index is 0.00447. The molecule has 0 bridgehead atoms. The number of Topliss-reactive ketones (excluding diaryl/α,β-unsaturated/α-hetero) is 1. The molecule has 3 rings (SSSR count). The van der Waals surface area contributed by atoms with Crippen molar-refractivity contribution in [2.24, 2.45) is 0 Å². The highest BCUT2D eigenvalue weighted by molar-refractivity contribution is 6.74. The third-order valence-corrected chi connectivity index (χ3v) is 11.0. The number of carbonyl (C=O) groups is 1. The molecule has 6 nitrogen and oxygen atoms in total. The quantitative estimate of drug-likeness (QED) is 0.441. The number of hydrogen-bond donors (Lipinski definition) is 0. The lowest BCUT2D eigenvalue weighted by molar-refractivity contribution is -0.149. The van der Waals surface area contributed by atoms with Crippen LogP contribution < -0.4 is 0 Å². The van der Waals surface area contributed by atoms with Crippen LogP contribution in [0.5, 0.6) is 0 Å². The molecule has 0 amide bonds. The lowest BCUT2D eigenvalue weighted by atomic mass is 9.77. The van der Waals surface area contributed by atoms with Gasteiger partial charge in [-0.05, 0) is 44.0 Å². The van der Waals surface area contributed by atoms with Gasteiger partial charge in [0, 0.05) is 6.20 Å². The van der Waals surface area contributed by atoms with E-state index in [2.05, 4.69) is 48.9 Å². The maximum atomic E-state index is 13.9. The Balaban J connectivity index is 1.81. The summed E-state index contributed by atoms with van der Waals surface area (Å²) in [6, 6.07) is 1.04. The topological polar surface area (TPSA) is 69.9 Å². The second kappa shape index (κ2) is 7.81. The predicted molar refractivity (Wildman–Crippen MR) is 112 cm³/mol. The van der Waals surface area contributed by atoms with E-state index in [1.807, 2.05) is 6.92 Å². The lowest BCUT2D eigenvalue weighted by Gasteiger charge is -2.52. The van der Waals surface area contributed by atoms with Gasteiger partial charge < -0.3 is 4.43 Å². The summed E-state index contributed by atoms with van der Waals surface area (Å²) in [7, 11) is -2.06. The number of hydrogen-bond acceptors (Lipinski definition) is 5. The van der Waals surface area contributed by atoms with Gasteiger partial charge in [-0.1, -0.05) is 20.8 Å². The van der Waals surface area contributed by atoms with Crippen LogP contribution >= 0.6 is 0 Å². The zero-order valence-electron chi connectivity index (χ0n) is 18.7. The molecule has 0 spiro atoms. The van der Waals surface area contributed by atoms with E-state index in [0.717, 1.165) is 10.9 Å². The molecule has 10 heteroatoms. The molecule has 0 radical (unpaired) electrons. The number of nitrogens with zero attached hydrogens (tertiary/aromatic N) is 4. The summed E-state index contributed by atoms with van der Waals surface area (Å²) in [5.41, 5.74) is -1.55. The van der Waals surface area contributed by atoms with Crippen LogP contribution in [0, 0.1) is 0 Å². The normalized spacial score (nSPS) is 22.3. The standard InChI is InChI=1S/C21H29F3N4O2Si/c1-19(2,3)31(5,6)30-20(4)10-15(11-20)28-18(21(22,23)24)16(12-27-28)17(29)9-14-7-8-25-13-26-14/h7-8,12-13,15H,9-11H2,1-6H3. The van der Waals surface area contributed by atoms with Crippen molar-refractivity contribution < 1.29 is 22.4 Å². The Morgan fingerprint density at radius 1 is 1.29 bits per heavy atom. The highest BCUT2D eigenvalue weighted by Gasteiger charge is 2.51. The van der Waals surface area contributed by atoms with Crippen LogP contribution in [0.15, 0.2) is 24.8 Å². The van der Waals surface area contributed by atoms with Crippen molar-refractivity contribution in [3.05, 3.63) is 41.7 Å². The molecule has 2 aromatic rings. The number of carbonyl (C=O) groups excluding carboxylic acids is 1. The van der Waals surface area contributed by atoms with Crippen LogP contribution in [0.1, 0.15) is 68.3 Å². The van der Waals surface area contributed by atoms with Crippen molar-refractivity contribution in [2.45, 2.75) is 82.9 Å². The fraction of sp³-hybridized carbons (Fsp3) is 0.619. The highest BCUT2D eigenvalue weighted by Crippen LogP contribution is 2.50. The fourth-order valence-corrected chi connectivity index (χ4v) is 5.48. The second-order valence-electron chi connectivity index (χ2n) is 10.0. The van der Waals surface area contributed by atoms with Crippen molar-refractivity contribution in [3.8, 4) is 0 Å². The molecule has 0 saturated heterocycles. The summed E-state index contributed by atoms with van der Waals surface area (Å²) < 4.78 is 49.2. The third kappa shape index (κ3) is 4.90. The van der Waals surface area contributed by atoms with Crippen molar-refractivity contribution in [2.75, 3.05) is 0 Å². The van der Waals surface area contributed by atoms with Crippen LogP contribution in [0.25, 0.3) is 0 Å². The van der Waals surface area contributed by atoms with E-state index in [1.165, 1.54) is 18.6 Å². The summed E-state index contributed by atoms with van der Waals surface area (Å²) in [5, 5.41) is 3.98. The average molecular weight is 455 g/mol. The summed E-state index contributed by atoms with van der Waals surface area (Å²) in [6.07, 6.45) is -0.368. The molecule has 0 atom stereocenters. The summed E-state index contributed by atoms with van der Waals surface area (Å²) in [4.78, 5) is 20.3. The minimum Gasteiger partial charge on any atom is -0.411 e. The van der Waals surface area contributed by atoms with Gasteiger partial charge in [-0.25, -0.2) is 9.97 Å². The van der Waals surface area contributed by atoms with Crippen LogP contribution in [0.4, 0.5) is 13.2 Å². The van der Waals surface area contributed by atoms with E-state index in [-0.39, 0.29) is 11.5 Å². The van der Waals surface area contributed by atoms with Gasteiger partial charge in [0.15, 0.2) is 19.8 Å². The van der Waals surface area contributed by atoms with Gasteiger partial charge >= 0.3 is 6.18 Å². The van der Waals surface area contributed by atoms with E-state index in [0.29, 0.717) is 18.5 Å². The molecular weight excluding hydrogens is 425 g/mol. The van der Waals surface area contributed by atoms with Crippen molar-refractivity contribution >= 4 is 14.1 Å². The van der Waals surface area contributed by atoms with Crippen molar-refractivity contribution in [1.82, 2.24) is 19.7 Å². The van der Waals surface area contributed by atoms with E-state index in [1.54, 1.807) is 0 Å². The van der Waals surface area contributed by atoms with Gasteiger partial charge in [-0.15, -0.1) is 0 Å². The summed E-state index contributed by atoms with van der Waals surface area (Å²) >= 11 is 0. The lowest BCUT2D eigenvalue weighted by Crippen LogP contribution is -2.54. The molecule has 1 aliphatic carbocycles. The Bertz CT molecular complexity index is 946. The Hall–Kier alpha value is -2.07. The monoisotopic (exact) mass is 454 g/mol. The maximum Gasteiger partial charge on any atom is 0.433 e. The first kappa shape index (κ1) is 23.6. The molecule has 0 N–H and O–H groups in total. The summed E-state index contributed by atoms with van der Waals surface area (Å²) in [6.45, 7) is 12.6.